The average molecular weight is 237 g/mol. The van der Waals surface area contributed by atoms with Crippen LogP contribution in [0.4, 0.5) is 0 Å². The first-order valence-electron chi connectivity index (χ1n) is 6.28. The van der Waals surface area contributed by atoms with Crippen LogP contribution in [0, 0.1) is 11.3 Å². The lowest BCUT2D eigenvalue weighted by atomic mass is 9.79. The first kappa shape index (κ1) is 13.9. The highest BCUT2D eigenvalue weighted by atomic mass is 16.1. The van der Waals surface area contributed by atoms with Crippen LogP contribution in [0.1, 0.15) is 57.9 Å². The molecule has 0 aliphatic heterocycles. The molecule has 0 aromatic carbocycles. The van der Waals surface area contributed by atoms with E-state index in [9.17, 15) is 4.79 Å². The molecule has 0 saturated carbocycles. The Morgan fingerprint density at radius 2 is 2.12 bits per heavy atom. The van der Waals surface area contributed by atoms with Gasteiger partial charge in [-0.3, -0.25) is 4.79 Å². The molecule has 1 aromatic rings. The van der Waals surface area contributed by atoms with Crippen LogP contribution in [0.2, 0.25) is 0 Å². The van der Waals surface area contributed by atoms with Gasteiger partial charge in [-0.2, -0.15) is 0 Å². The highest BCUT2D eigenvalue weighted by molar-refractivity contribution is 5.94. The molecular weight excluding hydrogens is 214 g/mol. The van der Waals surface area contributed by atoms with E-state index >= 15 is 0 Å². The second-order valence-corrected chi connectivity index (χ2v) is 5.74. The van der Waals surface area contributed by atoms with Crippen molar-refractivity contribution in [1.82, 2.24) is 15.0 Å². The molecule has 1 heterocycles. The fraction of sp³-hybridized carbons (Fsp3) is 0.769. The molecule has 0 radical (unpaired) electrons. The number of aromatic nitrogens is 3. The van der Waals surface area contributed by atoms with Crippen molar-refractivity contribution < 1.29 is 4.79 Å². The Morgan fingerprint density at radius 1 is 1.47 bits per heavy atom. The van der Waals surface area contributed by atoms with Gasteiger partial charge in [0.1, 0.15) is 5.69 Å². The predicted octanol–water partition coefficient (Wildman–Crippen LogP) is 2.94. The van der Waals surface area contributed by atoms with Crippen LogP contribution >= 0.6 is 0 Å². The van der Waals surface area contributed by atoms with E-state index < -0.39 is 0 Å². The second kappa shape index (κ2) is 5.43. The number of rotatable bonds is 5. The van der Waals surface area contributed by atoms with Gasteiger partial charge in [0.25, 0.3) is 0 Å². The van der Waals surface area contributed by atoms with Crippen molar-refractivity contribution in [3.63, 3.8) is 0 Å². The molecule has 0 fully saturated rings. The molecule has 1 unspecified atom stereocenters. The first-order valence-corrected chi connectivity index (χ1v) is 6.28. The molecule has 4 nitrogen and oxygen atoms in total. The van der Waals surface area contributed by atoms with Crippen LogP contribution in [0.5, 0.6) is 0 Å². The SMILES string of the molecule is CCCn1nncc1C(=O)CC(C)C(C)(C)C. The topological polar surface area (TPSA) is 47.8 Å². The van der Waals surface area contributed by atoms with Gasteiger partial charge in [-0.1, -0.05) is 39.8 Å². The van der Waals surface area contributed by atoms with Crippen LogP contribution in [0.25, 0.3) is 0 Å². The van der Waals surface area contributed by atoms with Crippen molar-refractivity contribution in [1.29, 1.82) is 0 Å². The van der Waals surface area contributed by atoms with Crippen molar-refractivity contribution in [3.8, 4) is 0 Å². The van der Waals surface area contributed by atoms with Crippen LogP contribution < -0.4 is 0 Å². The smallest absolute Gasteiger partial charge is 0.182 e. The van der Waals surface area contributed by atoms with E-state index in [1.165, 1.54) is 0 Å². The minimum atomic E-state index is 0.144. The third-order valence-corrected chi connectivity index (χ3v) is 3.31. The van der Waals surface area contributed by atoms with Crippen molar-refractivity contribution >= 4 is 5.78 Å². The van der Waals surface area contributed by atoms with Gasteiger partial charge >= 0.3 is 0 Å². The summed E-state index contributed by atoms with van der Waals surface area (Å²) in [6.07, 6.45) is 3.09. The minimum Gasteiger partial charge on any atom is -0.292 e. The summed E-state index contributed by atoms with van der Waals surface area (Å²) in [4.78, 5) is 12.2. The third-order valence-electron chi connectivity index (χ3n) is 3.31. The highest BCUT2D eigenvalue weighted by Gasteiger charge is 2.24. The molecule has 0 bridgehead atoms. The van der Waals surface area contributed by atoms with Crippen LogP contribution in [-0.2, 0) is 6.54 Å². The molecule has 17 heavy (non-hydrogen) atoms. The number of hydrogen-bond donors (Lipinski definition) is 0. The summed E-state index contributed by atoms with van der Waals surface area (Å²) >= 11 is 0. The molecule has 0 saturated heterocycles. The Hall–Kier alpha value is -1.19. The van der Waals surface area contributed by atoms with Gasteiger partial charge in [0.15, 0.2) is 5.78 Å². The van der Waals surface area contributed by atoms with Gasteiger partial charge < -0.3 is 0 Å². The van der Waals surface area contributed by atoms with E-state index in [4.69, 9.17) is 0 Å². The number of ketones is 1. The number of nitrogens with zero attached hydrogens (tertiary/aromatic N) is 3. The summed E-state index contributed by atoms with van der Waals surface area (Å²) in [5, 5.41) is 7.77. The maximum Gasteiger partial charge on any atom is 0.182 e. The lowest BCUT2D eigenvalue weighted by molar-refractivity contribution is 0.0916. The quantitative estimate of drug-likeness (QED) is 0.740. The van der Waals surface area contributed by atoms with Crippen molar-refractivity contribution in [3.05, 3.63) is 11.9 Å². The van der Waals surface area contributed by atoms with Gasteiger partial charge in [-0.15, -0.1) is 5.10 Å². The zero-order valence-corrected chi connectivity index (χ0v) is 11.5. The summed E-state index contributed by atoms with van der Waals surface area (Å²) in [6.45, 7) is 11.4. The highest BCUT2D eigenvalue weighted by Crippen LogP contribution is 2.29. The second-order valence-electron chi connectivity index (χ2n) is 5.74. The van der Waals surface area contributed by atoms with Crippen LogP contribution in [0.15, 0.2) is 6.20 Å². The van der Waals surface area contributed by atoms with Gasteiger partial charge in [0.2, 0.25) is 0 Å². The van der Waals surface area contributed by atoms with Crippen molar-refractivity contribution in [2.75, 3.05) is 0 Å². The fourth-order valence-electron chi connectivity index (χ4n) is 1.54. The number of hydrogen-bond acceptors (Lipinski definition) is 3. The summed E-state index contributed by atoms with van der Waals surface area (Å²) in [7, 11) is 0. The van der Waals surface area contributed by atoms with E-state index in [-0.39, 0.29) is 11.2 Å². The number of carbonyl (C=O) groups is 1. The lowest BCUT2D eigenvalue weighted by Gasteiger charge is -2.26. The minimum absolute atomic E-state index is 0.144. The Labute approximate surface area is 103 Å². The normalized spacial score (nSPS) is 13.7. The standard InChI is InChI=1S/C13H23N3O/c1-6-7-16-11(9-14-15-16)12(17)8-10(2)13(3,4)5/h9-10H,6-8H2,1-5H3. The predicted molar refractivity (Wildman–Crippen MR) is 67.9 cm³/mol. The molecule has 1 atom stereocenters. The summed E-state index contributed by atoms with van der Waals surface area (Å²) < 4.78 is 1.71. The van der Waals surface area contributed by atoms with E-state index in [0.717, 1.165) is 13.0 Å². The number of Topliss-reactive ketones (excluding diaryl/α,β-unsaturated/α-hetero) is 1. The van der Waals surface area contributed by atoms with E-state index in [1.54, 1.807) is 10.9 Å². The Bertz CT molecular complexity index is 376. The molecule has 0 amide bonds. The maximum atomic E-state index is 12.2. The molecular formula is C13H23N3O. The van der Waals surface area contributed by atoms with Gasteiger partial charge in [-0.05, 0) is 17.8 Å². The molecule has 0 aliphatic rings. The molecule has 0 spiro atoms. The zero-order valence-electron chi connectivity index (χ0n) is 11.5. The van der Waals surface area contributed by atoms with Gasteiger partial charge in [-0.25, -0.2) is 4.68 Å². The Kier molecular flexibility index (Phi) is 4.43. The van der Waals surface area contributed by atoms with E-state index in [2.05, 4.69) is 44.9 Å². The van der Waals surface area contributed by atoms with Crippen molar-refractivity contribution in [2.24, 2.45) is 11.3 Å². The maximum absolute atomic E-state index is 12.2. The molecule has 0 aliphatic carbocycles. The summed E-state index contributed by atoms with van der Waals surface area (Å²) in [5.41, 5.74) is 0.793. The lowest BCUT2D eigenvalue weighted by Crippen LogP contribution is -2.22. The summed E-state index contributed by atoms with van der Waals surface area (Å²) in [5.74, 6) is 0.492. The first-order chi connectivity index (χ1) is 7.86. The molecule has 96 valence electrons. The van der Waals surface area contributed by atoms with Gasteiger partial charge in [0.05, 0.1) is 6.20 Å². The zero-order chi connectivity index (χ0) is 13.1. The van der Waals surface area contributed by atoms with Crippen molar-refractivity contribution in [2.45, 2.75) is 54.0 Å². The molecule has 1 aromatic heterocycles. The Morgan fingerprint density at radius 3 is 2.65 bits per heavy atom. The number of carbonyl (C=O) groups excluding carboxylic acids is 1. The van der Waals surface area contributed by atoms with Crippen LogP contribution in [0.3, 0.4) is 0 Å². The monoisotopic (exact) mass is 237 g/mol. The fourth-order valence-corrected chi connectivity index (χ4v) is 1.54. The molecule has 1 rings (SSSR count). The average Bonchev–Trinajstić information content (AvgIpc) is 2.65. The van der Waals surface area contributed by atoms with Gasteiger partial charge in [0, 0.05) is 13.0 Å². The van der Waals surface area contributed by atoms with E-state index in [1.807, 2.05) is 0 Å². The number of aryl methyl sites for hydroxylation is 1. The molecule has 0 N–H and O–H groups in total. The van der Waals surface area contributed by atoms with E-state index in [0.29, 0.717) is 18.0 Å². The largest absolute Gasteiger partial charge is 0.292 e. The molecule has 4 heteroatoms. The summed E-state index contributed by atoms with van der Waals surface area (Å²) in [6, 6.07) is 0. The Balaban J connectivity index is 2.73. The van der Waals surface area contributed by atoms with Crippen LogP contribution in [-0.4, -0.2) is 20.8 Å². The third kappa shape index (κ3) is 3.65.